The number of ether oxygens (including phenoxy) is 1. The summed E-state index contributed by atoms with van der Waals surface area (Å²) in [4.78, 5) is 14.3. The van der Waals surface area contributed by atoms with Crippen LogP contribution in [0.3, 0.4) is 0 Å². The monoisotopic (exact) mass is 378 g/mol. The lowest BCUT2D eigenvalue weighted by Crippen LogP contribution is -2.36. The first-order valence-corrected chi connectivity index (χ1v) is 9.19. The molecule has 0 radical (unpaired) electrons. The predicted molar refractivity (Wildman–Crippen MR) is 108 cm³/mol. The van der Waals surface area contributed by atoms with Gasteiger partial charge in [0.15, 0.2) is 5.82 Å². The Balaban J connectivity index is 1.36. The summed E-state index contributed by atoms with van der Waals surface area (Å²) >= 11 is 0. The van der Waals surface area contributed by atoms with Gasteiger partial charge in [0.05, 0.1) is 25.1 Å². The van der Waals surface area contributed by atoms with Crippen LogP contribution in [-0.2, 0) is 16.1 Å². The largest absolute Gasteiger partial charge is 0.378 e. The molecule has 28 heavy (non-hydrogen) atoms. The third-order valence-corrected chi connectivity index (χ3v) is 4.45. The number of rotatable bonds is 6. The van der Waals surface area contributed by atoms with Crippen molar-refractivity contribution in [2.24, 2.45) is 0 Å². The summed E-state index contributed by atoms with van der Waals surface area (Å²) in [5, 5.41) is 14.4. The van der Waals surface area contributed by atoms with Crippen molar-refractivity contribution in [1.82, 2.24) is 14.8 Å². The van der Waals surface area contributed by atoms with E-state index < -0.39 is 0 Å². The Morgan fingerprint density at radius 1 is 1.07 bits per heavy atom. The summed E-state index contributed by atoms with van der Waals surface area (Å²) in [7, 11) is 0. The van der Waals surface area contributed by atoms with Gasteiger partial charge in [-0.1, -0.05) is 0 Å². The molecule has 1 saturated heterocycles. The van der Waals surface area contributed by atoms with E-state index in [1.165, 1.54) is 0 Å². The van der Waals surface area contributed by atoms with E-state index in [2.05, 4.69) is 25.7 Å². The second-order valence-corrected chi connectivity index (χ2v) is 6.50. The van der Waals surface area contributed by atoms with E-state index in [0.717, 1.165) is 43.4 Å². The molecular formula is C20H22N6O2. The van der Waals surface area contributed by atoms with Gasteiger partial charge in [0.1, 0.15) is 6.54 Å². The van der Waals surface area contributed by atoms with Crippen molar-refractivity contribution < 1.29 is 9.53 Å². The number of carbonyl (C=O) groups is 1. The van der Waals surface area contributed by atoms with E-state index in [1.54, 1.807) is 6.20 Å². The van der Waals surface area contributed by atoms with Crippen molar-refractivity contribution in [3.05, 3.63) is 61.1 Å². The molecule has 1 aliphatic rings. The second-order valence-electron chi connectivity index (χ2n) is 6.50. The average molecular weight is 378 g/mol. The molecule has 0 spiro atoms. The highest BCUT2D eigenvalue weighted by Crippen LogP contribution is 2.21. The average Bonchev–Trinajstić information content (AvgIpc) is 3.23. The Morgan fingerprint density at radius 3 is 2.54 bits per heavy atom. The van der Waals surface area contributed by atoms with Crippen LogP contribution in [0.4, 0.5) is 22.9 Å². The van der Waals surface area contributed by atoms with Crippen LogP contribution in [0.2, 0.25) is 0 Å². The van der Waals surface area contributed by atoms with Gasteiger partial charge in [-0.2, -0.15) is 5.10 Å². The maximum atomic E-state index is 12.1. The highest BCUT2D eigenvalue weighted by molar-refractivity contribution is 5.90. The summed E-state index contributed by atoms with van der Waals surface area (Å²) in [5.41, 5.74) is 2.64. The van der Waals surface area contributed by atoms with Gasteiger partial charge >= 0.3 is 0 Å². The van der Waals surface area contributed by atoms with Crippen LogP contribution < -0.4 is 15.5 Å². The molecule has 1 fully saturated rings. The van der Waals surface area contributed by atoms with Crippen molar-refractivity contribution in [2.45, 2.75) is 6.54 Å². The molecule has 2 aromatic heterocycles. The molecule has 3 aromatic rings. The third kappa shape index (κ3) is 4.66. The standard InChI is InChI=1S/C20H22N6O2/c27-20(15-25-7-1-2-8-25)23-17-5-3-16(4-6-17)22-19-13-18(14-21-24-19)26-9-11-28-12-10-26/h1-8,13-14H,9-12,15H2,(H,22,24)(H,23,27). The van der Waals surface area contributed by atoms with Crippen molar-refractivity contribution in [1.29, 1.82) is 0 Å². The van der Waals surface area contributed by atoms with Gasteiger partial charge in [-0.25, -0.2) is 0 Å². The smallest absolute Gasteiger partial charge is 0.244 e. The summed E-state index contributed by atoms with van der Waals surface area (Å²) < 4.78 is 7.21. The summed E-state index contributed by atoms with van der Waals surface area (Å²) in [6.45, 7) is 3.44. The second kappa shape index (κ2) is 8.53. The summed E-state index contributed by atoms with van der Waals surface area (Å²) in [5.74, 6) is 0.606. The molecule has 8 nitrogen and oxygen atoms in total. The molecule has 4 rings (SSSR count). The minimum absolute atomic E-state index is 0.0685. The molecule has 2 N–H and O–H groups in total. The lowest BCUT2D eigenvalue weighted by molar-refractivity contribution is -0.116. The first-order chi connectivity index (χ1) is 13.8. The number of carbonyl (C=O) groups excluding carboxylic acids is 1. The van der Waals surface area contributed by atoms with Crippen molar-refractivity contribution >= 4 is 28.8 Å². The normalized spacial score (nSPS) is 13.9. The Kier molecular flexibility index (Phi) is 5.48. The SMILES string of the molecule is O=C(Cn1cccc1)Nc1ccc(Nc2cc(N3CCOCC3)cnn2)cc1. The maximum absolute atomic E-state index is 12.1. The van der Waals surface area contributed by atoms with Gasteiger partial charge in [0.2, 0.25) is 5.91 Å². The fourth-order valence-electron chi connectivity index (χ4n) is 3.04. The van der Waals surface area contributed by atoms with Gasteiger partial charge < -0.3 is 24.8 Å². The number of hydrogen-bond donors (Lipinski definition) is 2. The Bertz CT molecular complexity index is 905. The third-order valence-electron chi connectivity index (χ3n) is 4.45. The van der Waals surface area contributed by atoms with Crippen LogP contribution in [-0.4, -0.2) is 47.0 Å². The zero-order chi connectivity index (χ0) is 19.2. The van der Waals surface area contributed by atoms with E-state index in [1.807, 2.05) is 59.4 Å². The van der Waals surface area contributed by atoms with E-state index in [4.69, 9.17) is 4.74 Å². The molecule has 8 heteroatoms. The number of anilines is 4. The zero-order valence-electron chi connectivity index (χ0n) is 15.4. The first kappa shape index (κ1) is 18.0. The number of benzene rings is 1. The molecule has 0 atom stereocenters. The lowest BCUT2D eigenvalue weighted by Gasteiger charge is -2.28. The molecule has 144 valence electrons. The van der Waals surface area contributed by atoms with Crippen molar-refractivity contribution in [3.8, 4) is 0 Å². The summed E-state index contributed by atoms with van der Waals surface area (Å²) in [6, 6.07) is 13.3. The van der Waals surface area contributed by atoms with Crippen LogP contribution >= 0.6 is 0 Å². The Morgan fingerprint density at radius 2 is 1.79 bits per heavy atom. The minimum Gasteiger partial charge on any atom is -0.378 e. The molecule has 1 aromatic carbocycles. The number of nitrogens with one attached hydrogen (secondary N) is 2. The van der Waals surface area contributed by atoms with E-state index in [0.29, 0.717) is 5.82 Å². The molecule has 1 aliphatic heterocycles. The Labute approximate surface area is 163 Å². The molecule has 0 unspecified atom stereocenters. The molecule has 3 heterocycles. The highest BCUT2D eigenvalue weighted by Gasteiger charge is 2.12. The quantitative estimate of drug-likeness (QED) is 0.686. The van der Waals surface area contributed by atoms with Gasteiger partial charge in [0.25, 0.3) is 0 Å². The number of hydrogen-bond acceptors (Lipinski definition) is 6. The molecule has 0 aliphatic carbocycles. The van der Waals surface area contributed by atoms with Crippen LogP contribution in [0.1, 0.15) is 0 Å². The van der Waals surface area contributed by atoms with E-state index >= 15 is 0 Å². The van der Waals surface area contributed by atoms with Gasteiger partial charge in [0, 0.05) is 42.9 Å². The minimum atomic E-state index is -0.0685. The van der Waals surface area contributed by atoms with Gasteiger partial charge in [-0.15, -0.1) is 5.10 Å². The predicted octanol–water partition coefficient (Wildman–Crippen LogP) is 2.50. The Hall–Kier alpha value is -3.39. The first-order valence-electron chi connectivity index (χ1n) is 9.19. The van der Waals surface area contributed by atoms with Crippen molar-refractivity contribution in [2.75, 3.05) is 41.8 Å². The maximum Gasteiger partial charge on any atom is 0.244 e. The number of aromatic nitrogens is 3. The van der Waals surface area contributed by atoms with Gasteiger partial charge in [-0.05, 0) is 36.4 Å². The van der Waals surface area contributed by atoms with Crippen LogP contribution in [0, 0.1) is 0 Å². The van der Waals surface area contributed by atoms with Crippen LogP contribution in [0.5, 0.6) is 0 Å². The van der Waals surface area contributed by atoms with Gasteiger partial charge in [-0.3, -0.25) is 4.79 Å². The van der Waals surface area contributed by atoms with Crippen LogP contribution in [0.15, 0.2) is 61.1 Å². The molecule has 0 bridgehead atoms. The highest BCUT2D eigenvalue weighted by atomic mass is 16.5. The van der Waals surface area contributed by atoms with Crippen LogP contribution in [0.25, 0.3) is 0 Å². The number of morpholine rings is 1. The van der Waals surface area contributed by atoms with E-state index in [9.17, 15) is 4.79 Å². The molecule has 1 amide bonds. The fourth-order valence-corrected chi connectivity index (χ4v) is 3.04. The van der Waals surface area contributed by atoms with Crippen molar-refractivity contribution in [3.63, 3.8) is 0 Å². The molecule has 0 saturated carbocycles. The lowest BCUT2D eigenvalue weighted by atomic mass is 10.2. The zero-order valence-corrected chi connectivity index (χ0v) is 15.4. The number of amides is 1. The molecular weight excluding hydrogens is 356 g/mol. The number of nitrogens with zero attached hydrogens (tertiary/aromatic N) is 4. The fraction of sp³-hybridized carbons (Fsp3) is 0.250. The van der Waals surface area contributed by atoms with E-state index in [-0.39, 0.29) is 12.5 Å². The topological polar surface area (TPSA) is 84.3 Å². The summed E-state index contributed by atoms with van der Waals surface area (Å²) in [6.07, 6.45) is 5.48.